The third-order valence-electron chi connectivity index (χ3n) is 4.47. The highest BCUT2D eigenvalue weighted by atomic mass is 16.6. The maximum absolute atomic E-state index is 12.1. The van der Waals surface area contributed by atoms with Crippen molar-refractivity contribution in [3.05, 3.63) is 35.9 Å². The van der Waals surface area contributed by atoms with E-state index in [1.54, 1.807) is 4.90 Å². The second-order valence-electron chi connectivity index (χ2n) is 7.97. The number of aliphatic imine (C=N–C) groups is 1. The van der Waals surface area contributed by atoms with Gasteiger partial charge < -0.3 is 25.0 Å². The van der Waals surface area contributed by atoms with Crippen LogP contribution < -0.4 is 5.73 Å². The van der Waals surface area contributed by atoms with Gasteiger partial charge in [-0.15, -0.1) is 0 Å². The zero-order chi connectivity index (χ0) is 20.6. The van der Waals surface area contributed by atoms with Gasteiger partial charge in [-0.25, -0.2) is 4.79 Å². The summed E-state index contributed by atoms with van der Waals surface area (Å²) in [4.78, 5) is 20.3. The minimum absolute atomic E-state index is 0.0726. The summed E-state index contributed by atoms with van der Waals surface area (Å²) in [5, 5.41) is 0. The van der Waals surface area contributed by atoms with E-state index in [0.29, 0.717) is 45.3 Å². The molecule has 1 amide bonds. The van der Waals surface area contributed by atoms with Crippen LogP contribution in [0.3, 0.4) is 0 Å². The molecule has 1 aliphatic rings. The van der Waals surface area contributed by atoms with Gasteiger partial charge in [0, 0.05) is 39.3 Å². The Morgan fingerprint density at radius 1 is 1.14 bits per heavy atom. The van der Waals surface area contributed by atoms with E-state index in [1.165, 1.54) is 5.56 Å². The summed E-state index contributed by atoms with van der Waals surface area (Å²) in [6.07, 6.45) is 0.617. The van der Waals surface area contributed by atoms with Crippen molar-refractivity contribution in [1.29, 1.82) is 0 Å². The van der Waals surface area contributed by atoms with Crippen molar-refractivity contribution < 1.29 is 14.3 Å². The molecule has 1 saturated heterocycles. The Hall–Kier alpha value is -2.28. The lowest BCUT2D eigenvalue weighted by atomic mass is 10.1. The normalized spacial score (nSPS) is 16.8. The van der Waals surface area contributed by atoms with E-state index in [0.717, 1.165) is 6.42 Å². The van der Waals surface area contributed by atoms with Crippen LogP contribution in [0.25, 0.3) is 0 Å². The Kier molecular flexibility index (Phi) is 8.11. The van der Waals surface area contributed by atoms with Gasteiger partial charge in [0.1, 0.15) is 5.60 Å². The highest BCUT2D eigenvalue weighted by Crippen LogP contribution is 2.16. The first-order valence-corrected chi connectivity index (χ1v) is 9.95. The highest BCUT2D eigenvalue weighted by molar-refractivity contribution is 5.78. The Balaban J connectivity index is 1.65. The molecule has 7 nitrogen and oxygen atoms in total. The standard InChI is InChI=1S/C21H34N4O3/c1-17(18-9-6-5-7-10-18)27-16-8-11-23-19(22)24-12-14-25(15-13-24)20(26)28-21(2,3)4/h5-7,9-10,17H,8,11-16H2,1-4H3,(H2,22,23). The van der Waals surface area contributed by atoms with Gasteiger partial charge in [0.25, 0.3) is 0 Å². The molecule has 1 aromatic rings. The fourth-order valence-electron chi connectivity index (χ4n) is 2.88. The summed E-state index contributed by atoms with van der Waals surface area (Å²) >= 11 is 0. The van der Waals surface area contributed by atoms with E-state index >= 15 is 0 Å². The van der Waals surface area contributed by atoms with Gasteiger partial charge in [-0.2, -0.15) is 0 Å². The predicted octanol–water partition coefficient (Wildman–Crippen LogP) is 3.02. The molecule has 28 heavy (non-hydrogen) atoms. The maximum atomic E-state index is 12.1. The van der Waals surface area contributed by atoms with Gasteiger partial charge in [0.2, 0.25) is 0 Å². The van der Waals surface area contributed by atoms with Crippen molar-refractivity contribution in [2.75, 3.05) is 39.3 Å². The maximum Gasteiger partial charge on any atom is 0.410 e. The number of nitrogens with zero attached hydrogens (tertiary/aromatic N) is 3. The smallest absolute Gasteiger partial charge is 0.410 e. The molecule has 2 rings (SSSR count). The first kappa shape index (κ1) is 22.0. The Labute approximate surface area is 168 Å². The zero-order valence-electron chi connectivity index (χ0n) is 17.6. The average molecular weight is 391 g/mol. The van der Waals surface area contributed by atoms with Crippen molar-refractivity contribution >= 4 is 12.1 Å². The summed E-state index contributed by atoms with van der Waals surface area (Å²) in [5.41, 5.74) is 6.80. The fraction of sp³-hybridized carbons (Fsp3) is 0.619. The third kappa shape index (κ3) is 7.38. The molecule has 0 saturated carbocycles. The number of benzene rings is 1. The number of carbonyl (C=O) groups excluding carboxylic acids is 1. The van der Waals surface area contributed by atoms with Gasteiger partial charge in [-0.05, 0) is 39.7 Å². The molecule has 156 valence electrons. The van der Waals surface area contributed by atoms with E-state index in [1.807, 2.05) is 43.9 Å². The van der Waals surface area contributed by atoms with Gasteiger partial charge >= 0.3 is 6.09 Å². The van der Waals surface area contributed by atoms with Crippen LogP contribution >= 0.6 is 0 Å². The lowest BCUT2D eigenvalue weighted by molar-refractivity contribution is 0.0186. The molecule has 0 spiro atoms. The fourth-order valence-corrected chi connectivity index (χ4v) is 2.88. The van der Waals surface area contributed by atoms with Crippen LogP contribution in [0.15, 0.2) is 35.3 Å². The van der Waals surface area contributed by atoms with E-state index in [4.69, 9.17) is 15.2 Å². The lowest BCUT2D eigenvalue weighted by Gasteiger charge is -2.36. The number of hydrogen-bond donors (Lipinski definition) is 1. The number of amides is 1. The lowest BCUT2D eigenvalue weighted by Crippen LogP contribution is -2.53. The first-order valence-electron chi connectivity index (χ1n) is 9.95. The molecular weight excluding hydrogens is 356 g/mol. The molecule has 1 aromatic carbocycles. The van der Waals surface area contributed by atoms with Crippen LogP contribution in [0, 0.1) is 0 Å². The number of ether oxygens (including phenoxy) is 2. The quantitative estimate of drug-likeness (QED) is 0.459. The molecular formula is C21H34N4O3. The molecule has 0 radical (unpaired) electrons. The molecule has 2 N–H and O–H groups in total. The van der Waals surface area contributed by atoms with Crippen LogP contribution in [0.1, 0.15) is 45.8 Å². The van der Waals surface area contributed by atoms with E-state index < -0.39 is 5.60 Å². The highest BCUT2D eigenvalue weighted by Gasteiger charge is 2.26. The van der Waals surface area contributed by atoms with E-state index in [-0.39, 0.29) is 12.2 Å². The molecule has 1 atom stereocenters. The van der Waals surface area contributed by atoms with Gasteiger partial charge in [0.05, 0.1) is 6.10 Å². The van der Waals surface area contributed by atoms with Gasteiger partial charge in [-0.1, -0.05) is 30.3 Å². The third-order valence-corrected chi connectivity index (χ3v) is 4.47. The second kappa shape index (κ2) is 10.3. The minimum atomic E-state index is -0.477. The van der Waals surface area contributed by atoms with E-state index in [9.17, 15) is 4.79 Å². The SMILES string of the molecule is CC(OCCCN=C(N)N1CCN(C(=O)OC(C)(C)C)CC1)c1ccccc1. The number of carbonyl (C=O) groups is 1. The molecule has 1 heterocycles. The van der Waals surface area contributed by atoms with Crippen LogP contribution in [0.5, 0.6) is 0 Å². The van der Waals surface area contributed by atoms with Gasteiger partial charge in [0.15, 0.2) is 5.96 Å². The first-order chi connectivity index (χ1) is 13.3. The van der Waals surface area contributed by atoms with E-state index in [2.05, 4.69) is 24.0 Å². The van der Waals surface area contributed by atoms with Crippen LogP contribution in [0.4, 0.5) is 4.79 Å². The molecule has 7 heteroatoms. The molecule has 1 unspecified atom stereocenters. The van der Waals surface area contributed by atoms with Crippen molar-refractivity contribution in [3.8, 4) is 0 Å². The molecule has 1 fully saturated rings. The minimum Gasteiger partial charge on any atom is -0.444 e. The summed E-state index contributed by atoms with van der Waals surface area (Å²) in [5.74, 6) is 0.528. The van der Waals surface area contributed by atoms with Crippen molar-refractivity contribution in [3.63, 3.8) is 0 Å². The number of hydrogen-bond acceptors (Lipinski definition) is 4. The molecule has 1 aliphatic heterocycles. The summed E-state index contributed by atoms with van der Waals surface area (Å²) in [7, 11) is 0. The summed E-state index contributed by atoms with van der Waals surface area (Å²) in [6.45, 7) is 11.4. The average Bonchev–Trinajstić information content (AvgIpc) is 2.67. The number of piperazine rings is 1. The number of guanidine groups is 1. The largest absolute Gasteiger partial charge is 0.444 e. The topological polar surface area (TPSA) is 80.4 Å². The molecule has 0 aliphatic carbocycles. The molecule has 0 bridgehead atoms. The van der Waals surface area contributed by atoms with Crippen LogP contribution in [0.2, 0.25) is 0 Å². The van der Waals surface area contributed by atoms with Crippen LogP contribution in [-0.2, 0) is 9.47 Å². The van der Waals surface area contributed by atoms with Crippen molar-refractivity contribution in [1.82, 2.24) is 9.80 Å². The monoisotopic (exact) mass is 390 g/mol. The second-order valence-corrected chi connectivity index (χ2v) is 7.97. The number of rotatable bonds is 6. The van der Waals surface area contributed by atoms with Crippen LogP contribution in [-0.4, -0.2) is 66.8 Å². The van der Waals surface area contributed by atoms with Crippen molar-refractivity contribution in [2.45, 2.75) is 45.8 Å². The van der Waals surface area contributed by atoms with Gasteiger partial charge in [-0.3, -0.25) is 4.99 Å². The Morgan fingerprint density at radius 2 is 1.75 bits per heavy atom. The Morgan fingerprint density at radius 3 is 2.36 bits per heavy atom. The number of nitrogens with two attached hydrogens (primary N) is 1. The summed E-state index contributed by atoms with van der Waals surface area (Å²) < 4.78 is 11.3. The van der Waals surface area contributed by atoms with Crippen molar-refractivity contribution in [2.24, 2.45) is 10.7 Å². The predicted molar refractivity (Wildman–Crippen MR) is 111 cm³/mol. The zero-order valence-corrected chi connectivity index (χ0v) is 17.6. The summed E-state index contributed by atoms with van der Waals surface area (Å²) in [6, 6.07) is 10.2. The Bertz CT molecular complexity index is 635. The molecule has 0 aromatic heterocycles.